The van der Waals surface area contributed by atoms with Crippen LogP contribution < -0.4 is 5.46 Å². The van der Waals surface area contributed by atoms with Gasteiger partial charge in [-0.15, -0.1) is 43.1 Å². The van der Waals surface area contributed by atoms with Crippen molar-refractivity contribution in [3.63, 3.8) is 0 Å². The van der Waals surface area contributed by atoms with E-state index >= 15 is 0 Å². The van der Waals surface area contributed by atoms with Crippen molar-refractivity contribution < 1.29 is 21.2 Å². The minimum atomic E-state index is -1.42. The van der Waals surface area contributed by atoms with Gasteiger partial charge in [0.25, 0.3) is 0 Å². The summed E-state index contributed by atoms with van der Waals surface area (Å²) in [6.45, 7) is 0. The second-order valence-corrected chi connectivity index (χ2v) is 38.2. The fourth-order valence-electron chi connectivity index (χ4n) is 10.7. The van der Waals surface area contributed by atoms with Gasteiger partial charge in [-0.25, -0.2) is 0 Å². The summed E-state index contributed by atoms with van der Waals surface area (Å²) in [4.78, 5) is 0. The molecule has 390 valence electrons. The summed E-state index contributed by atoms with van der Waals surface area (Å²) in [5, 5.41) is 48.9. The Morgan fingerprint density at radius 3 is 1.32 bits per heavy atom. The quantitative estimate of drug-likeness (QED) is 0.103. The Balaban J connectivity index is 0.000000124. The molecule has 0 radical (unpaired) electrons. The zero-order chi connectivity index (χ0) is 57.1. The maximum absolute atomic E-state index is 9.31. The van der Waals surface area contributed by atoms with Crippen molar-refractivity contribution in [3.05, 3.63) is 235 Å². The molecule has 0 saturated carbocycles. The molecule has 0 aliphatic rings. The first-order valence-electron chi connectivity index (χ1n) is 26.8. The van der Waals surface area contributed by atoms with Gasteiger partial charge in [0, 0.05) is 72.1 Å². The third-order valence-corrected chi connectivity index (χ3v) is 17.2. The van der Waals surface area contributed by atoms with Crippen molar-refractivity contribution in [1.82, 2.24) is 29.2 Å². The minimum absolute atomic E-state index is 0.523. The monoisotopic (exact) mass is 1550 g/mol. The van der Waals surface area contributed by atoms with E-state index < -0.39 is 15.4 Å². The summed E-state index contributed by atoms with van der Waals surface area (Å²) in [5.41, 5.74) is 9.17. The van der Waals surface area contributed by atoms with Crippen LogP contribution in [0.1, 0.15) is 0 Å². The van der Waals surface area contributed by atoms with Gasteiger partial charge >= 0.3 is 57.0 Å². The Bertz CT molecular complexity index is 5010. The zero-order valence-corrected chi connectivity index (χ0v) is 51.7. The molecule has 0 aliphatic heterocycles. The van der Waals surface area contributed by atoms with E-state index in [-0.39, 0.29) is 0 Å². The van der Waals surface area contributed by atoms with Crippen LogP contribution in [0.5, 0.6) is 0 Å². The Morgan fingerprint density at radius 2 is 0.825 bits per heavy atom. The summed E-state index contributed by atoms with van der Waals surface area (Å²) < 4.78 is 27.9. The summed E-state index contributed by atoms with van der Waals surface area (Å²) in [5.74, 6) is 1.72. The maximum Gasteiger partial charge on any atom is 0.169 e. The van der Waals surface area contributed by atoms with Crippen LogP contribution in [0.25, 0.3) is 129 Å². The van der Waals surface area contributed by atoms with Crippen molar-refractivity contribution >= 4 is 193 Å². The number of thiophene rings is 2. The smallest absolute Gasteiger partial charge is 0.169 e. The molecule has 10 aromatic carbocycles. The molecule has 8 nitrogen and oxygen atoms in total. The van der Waals surface area contributed by atoms with E-state index in [4.69, 9.17) is 4.01 Å². The Kier molecular flexibility index (Phi) is 14.9. The molecule has 6 aromatic heterocycles. The Morgan fingerprint density at radius 1 is 0.450 bits per heavy atom. The van der Waals surface area contributed by atoms with E-state index in [1.54, 1.807) is 17.4 Å². The van der Waals surface area contributed by atoms with E-state index in [9.17, 15) is 10.0 Å². The van der Waals surface area contributed by atoms with E-state index in [1.807, 2.05) is 59.9 Å². The molecule has 16 rings (SSSR count). The average molecular weight is 1550 g/mol. The van der Waals surface area contributed by atoms with E-state index in [1.165, 1.54) is 62.9 Å². The van der Waals surface area contributed by atoms with Crippen molar-refractivity contribution in [2.24, 2.45) is 0 Å². The van der Waals surface area contributed by atoms with Crippen molar-refractivity contribution in [2.45, 2.75) is 0 Å². The van der Waals surface area contributed by atoms with Crippen molar-refractivity contribution in [2.75, 3.05) is 0 Å². The largest absolute Gasteiger partial charge is 0.274 e. The maximum atomic E-state index is 9.31. The van der Waals surface area contributed by atoms with E-state index in [2.05, 4.69) is 260 Å². The number of halogens is 3. The van der Waals surface area contributed by atoms with Crippen LogP contribution in [0.15, 0.2) is 235 Å². The van der Waals surface area contributed by atoms with Crippen LogP contribution in [0.2, 0.25) is 0 Å². The second-order valence-electron chi connectivity index (χ2n) is 18.6. The van der Waals surface area contributed by atoms with Crippen LogP contribution in [0.4, 0.5) is 0 Å². The number of para-hydroxylation sites is 2. The van der Waals surface area contributed by atoms with Crippen LogP contribution in [0, 0.1) is 0 Å². The van der Waals surface area contributed by atoms with Gasteiger partial charge in [0.2, 0.25) is 0 Å². The molecule has 2 N–H and O–H groups in total. The summed E-state index contributed by atoms with van der Waals surface area (Å²) in [7, 11) is -2.82. The fourth-order valence-corrected chi connectivity index (χ4v) is 13.4. The van der Waals surface area contributed by atoms with E-state index in [0.717, 1.165) is 70.4 Å². The van der Waals surface area contributed by atoms with Crippen LogP contribution in [0.3, 0.4) is 0 Å². The molecule has 16 heteroatoms. The van der Waals surface area contributed by atoms with Gasteiger partial charge in [-0.3, -0.25) is 8.80 Å². The van der Waals surface area contributed by atoms with Gasteiger partial charge in [0.05, 0.1) is 19.3 Å². The molecule has 6 heterocycles. The van der Waals surface area contributed by atoms with Gasteiger partial charge in [0.15, 0.2) is 22.9 Å². The Hall–Kier alpha value is -6.40. The summed E-state index contributed by atoms with van der Waals surface area (Å²) >= 11 is 12.2. The van der Waals surface area contributed by atoms with Gasteiger partial charge < -0.3 is 10.0 Å². The molecule has 0 atom stereocenters. The topological polar surface area (TPSA) is 101 Å². The Labute approximate surface area is 511 Å². The van der Waals surface area contributed by atoms with Gasteiger partial charge in [-0.2, -0.15) is 0 Å². The molecule has 0 unspecified atom stereocenters. The number of nitrogens with zero attached hydrogens (tertiary/aromatic N) is 6. The third-order valence-electron chi connectivity index (χ3n) is 14.2. The predicted molar refractivity (Wildman–Crippen MR) is 360 cm³/mol. The third kappa shape index (κ3) is 9.93. The number of benzene rings is 10. The normalized spacial score (nSPS) is 11.7. The van der Waals surface area contributed by atoms with Gasteiger partial charge in [-0.1, -0.05) is 210 Å². The number of hydrogen-bond donors (Lipinski definition) is 2. The predicted octanol–water partition coefficient (Wildman–Crippen LogP) is 16.5. The molecule has 0 amide bonds. The molecule has 16 aromatic rings. The van der Waals surface area contributed by atoms with E-state index in [0.29, 0.717) is 16.7 Å². The number of hydrogen-bond acceptors (Lipinski definition) is 8. The molecular formula is C64H43B2BrI2N6O2PtS2. The molecule has 0 aliphatic carbocycles. The first-order valence-corrected chi connectivity index (χ1v) is 40.3. The van der Waals surface area contributed by atoms with Gasteiger partial charge in [-0.05, 0) is 73.2 Å². The number of pyridine rings is 2. The van der Waals surface area contributed by atoms with Crippen LogP contribution in [-0.4, -0.2) is 58.7 Å². The SMILES string of the molecule is Brc1ccc(-c2nnc3c4ccccc4c4ccccc4n23)cc1.OB(O)c1cccc2c1sc1ccccc12.[2H]B([3H])[3H].[I][Pt][I].c1ccc2c(c1)sc1c(-c3ccc(-c4nnc5c6ccccc6c6ccccc6n45)cc3)cccc12. The molecule has 80 heavy (non-hydrogen) atoms. The van der Waals surface area contributed by atoms with Crippen molar-refractivity contribution in [3.8, 4) is 33.9 Å². The summed E-state index contributed by atoms with van der Waals surface area (Å²) in [6, 6.07) is 79.6. The first kappa shape index (κ1) is 50.6. The van der Waals surface area contributed by atoms with Gasteiger partial charge in [0.1, 0.15) is 0 Å². The number of aromatic nitrogens is 6. The summed E-state index contributed by atoms with van der Waals surface area (Å²) in [6.07, 6.45) is 0. The number of rotatable bonds is 4. The minimum Gasteiger partial charge on any atom is -0.274 e. The molecule has 0 bridgehead atoms. The molecule has 0 spiro atoms. The molecule has 0 fully saturated rings. The van der Waals surface area contributed by atoms with Crippen molar-refractivity contribution in [1.29, 1.82) is 4.01 Å². The first-order chi connectivity index (χ1) is 40.6. The average Bonchev–Trinajstić information content (AvgIpc) is 4.13. The zero-order valence-electron chi connectivity index (χ0n) is 44.9. The van der Waals surface area contributed by atoms with Crippen LogP contribution >= 0.6 is 77.3 Å². The molecule has 0 saturated heterocycles. The fraction of sp³-hybridized carbons (Fsp3) is 0. The van der Waals surface area contributed by atoms with Crippen LogP contribution in [-0.2, 0) is 11.2 Å². The standard InChI is InChI=1S/C32H19N3S.C20H12BrN3.C12H9BO2S.BH3.2HI.Pt/c1-2-11-27-23(8-1)24-9-3-5-14-28(24)35-31(33-34-32(27)35)21-18-16-20(17-19-21)22-12-7-13-26-25-10-4-6-15-29(25)36-30(22)26;21-14-11-9-13(10-12-14)19-22-23-20-17-7-2-1-5-15(17)16-6-3-4-8-18(16)24(19)20;14-13(15)10-6-3-5-9-8-4-1-2-7-11(8)16-12(9)10;;;;/h1-19H;1-12H;1-7,14-15H;1H3;2*1H;/q;;;;;;+2/p-2/i;;;1T2D;;;. The molecular weight excluding hydrogens is 1500 g/mol. The number of fused-ring (bicyclic) bond motifs is 18. The second kappa shape index (κ2) is 23.6.